The Morgan fingerprint density at radius 3 is 2.52 bits per heavy atom. The van der Waals surface area contributed by atoms with Crippen LogP contribution in [-0.2, 0) is 0 Å². The number of hydrogen-bond acceptors (Lipinski definition) is 4. The minimum atomic E-state index is -0.642. The Bertz CT molecular complexity index is 1480. The van der Waals surface area contributed by atoms with Crippen molar-refractivity contribution in [2.24, 2.45) is 0 Å². The first-order valence-corrected chi connectivity index (χ1v) is 10.6. The molecule has 5 aromatic rings. The number of halogens is 1. The lowest BCUT2D eigenvalue weighted by atomic mass is 9.97. The van der Waals surface area contributed by atoms with Crippen LogP contribution in [-0.4, -0.2) is 26.1 Å². The summed E-state index contributed by atoms with van der Waals surface area (Å²) in [7, 11) is 0. The average Bonchev–Trinajstić information content (AvgIpc) is 3.39. The second-order valence-corrected chi connectivity index (χ2v) is 7.93. The molecule has 0 saturated carbocycles. The third-order valence-corrected chi connectivity index (χ3v) is 5.66. The third kappa shape index (κ3) is 4.14. The van der Waals surface area contributed by atoms with Gasteiger partial charge >= 0.3 is 0 Å². The quantitative estimate of drug-likeness (QED) is 0.363. The van der Waals surface area contributed by atoms with E-state index in [9.17, 15) is 9.59 Å². The number of rotatable bonds is 5. The van der Waals surface area contributed by atoms with E-state index in [2.05, 4.69) is 25.5 Å². The van der Waals surface area contributed by atoms with Gasteiger partial charge in [0.05, 0.1) is 11.6 Å². The maximum absolute atomic E-state index is 13.3. The molecule has 1 unspecified atom stereocenters. The molecule has 3 aromatic carbocycles. The van der Waals surface area contributed by atoms with E-state index in [0.29, 0.717) is 32.9 Å². The normalized spacial score (nSPS) is 11.9. The first-order valence-electron chi connectivity index (χ1n) is 10.2. The fraction of sp³-hybridized carbons (Fsp3) is 0.0400. The van der Waals surface area contributed by atoms with Crippen LogP contribution in [0.25, 0.3) is 22.3 Å². The smallest absolute Gasteiger partial charge is 0.252 e. The molecule has 5 rings (SSSR count). The van der Waals surface area contributed by atoms with Crippen LogP contribution in [0.3, 0.4) is 0 Å². The van der Waals surface area contributed by atoms with Gasteiger partial charge in [-0.2, -0.15) is 5.10 Å². The molecule has 0 spiro atoms. The van der Waals surface area contributed by atoms with Gasteiger partial charge in [0, 0.05) is 33.3 Å². The lowest BCUT2D eigenvalue weighted by molar-refractivity contribution is 0.0943. The maximum atomic E-state index is 13.3. The number of fused-ring (bicyclic) bond motifs is 1. The zero-order valence-electron chi connectivity index (χ0n) is 17.2. The van der Waals surface area contributed by atoms with Crippen LogP contribution in [0.15, 0.2) is 90.1 Å². The van der Waals surface area contributed by atoms with Gasteiger partial charge < -0.3 is 10.3 Å². The fourth-order valence-electron chi connectivity index (χ4n) is 3.75. The van der Waals surface area contributed by atoms with E-state index in [0.717, 1.165) is 11.1 Å². The lowest BCUT2D eigenvalue weighted by Gasteiger charge is -2.20. The largest absolute Gasteiger partial charge is 0.361 e. The molecule has 0 fully saturated rings. The van der Waals surface area contributed by atoms with E-state index in [-0.39, 0.29) is 11.3 Å². The van der Waals surface area contributed by atoms with Crippen molar-refractivity contribution in [3.05, 3.63) is 117 Å². The molecule has 2 aromatic heterocycles. The Balaban J connectivity index is 1.51. The number of pyridine rings is 1. The number of benzene rings is 3. The number of carbonyl (C=O) groups is 1. The van der Waals surface area contributed by atoms with Crippen molar-refractivity contribution in [3.63, 3.8) is 0 Å². The van der Waals surface area contributed by atoms with Crippen molar-refractivity contribution in [2.45, 2.75) is 6.04 Å². The summed E-state index contributed by atoms with van der Waals surface area (Å²) in [5.41, 5.74) is 2.97. The molecule has 162 valence electrons. The van der Waals surface area contributed by atoms with Crippen molar-refractivity contribution < 1.29 is 4.79 Å². The van der Waals surface area contributed by atoms with Gasteiger partial charge in [-0.15, -0.1) is 0 Å². The van der Waals surface area contributed by atoms with E-state index < -0.39 is 6.04 Å². The zero-order chi connectivity index (χ0) is 22.8. The summed E-state index contributed by atoms with van der Waals surface area (Å²) in [5.74, 6) is 0.315. The Morgan fingerprint density at radius 2 is 1.79 bits per heavy atom. The molecule has 0 bridgehead atoms. The van der Waals surface area contributed by atoms with Crippen LogP contribution in [0.4, 0.5) is 0 Å². The molecule has 2 heterocycles. The standard InChI is InChI=1S/C25H18ClN5O2/c26-18-10-11-19-21(12-18)27-13-20(23(19)32)22(15-4-2-1-3-5-15)30-25(33)17-8-6-16(7-9-17)24-28-14-29-31-24/h1-14,22H,(H,27,32)(H,30,33)(H,28,29,31). The highest BCUT2D eigenvalue weighted by Crippen LogP contribution is 2.23. The van der Waals surface area contributed by atoms with Crippen LogP contribution >= 0.6 is 11.6 Å². The number of carbonyl (C=O) groups excluding carboxylic acids is 1. The molecule has 0 radical (unpaired) electrons. The van der Waals surface area contributed by atoms with Crippen molar-refractivity contribution >= 4 is 28.4 Å². The van der Waals surface area contributed by atoms with Crippen molar-refractivity contribution in [1.82, 2.24) is 25.5 Å². The summed E-state index contributed by atoms with van der Waals surface area (Å²) in [6, 6.07) is 20.8. The second kappa shape index (κ2) is 8.72. The van der Waals surface area contributed by atoms with Crippen LogP contribution in [0.1, 0.15) is 27.5 Å². The molecule has 1 atom stereocenters. The first-order chi connectivity index (χ1) is 16.1. The molecular weight excluding hydrogens is 438 g/mol. The molecular formula is C25H18ClN5O2. The van der Waals surface area contributed by atoms with Crippen LogP contribution in [0.2, 0.25) is 5.02 Å². The van der Waals surface area contributed by atoms with E-state index in [1.54, 1.807) is 48.7 Å². The summed E-state index contributed by atoms with van der Waals surface area (Å²) in [6.07, 6.45) is 3.06. The molecule has 7 nitrogen and oxygen atoms in total. The van der Waals surface area contributed by atoms with Crippen LogP contribution < -0.4 is 10.7 Å². The number of nitrogens with one attached hydrogen (secondary N) is 3. The van der Waals surface area contributed by atoms with E-state index in [1.165, 1.54) is 6.33 Å². The molecule has 1 amide bonds. The summed E-state index contributed by atoms with van der Waals surface area (Å²) < 4.78 is 0. The number of amides is 1. The zero-order valence-corrected chi connectivity index (χ0v) is 18.0. The Kier molecular flexibility index (Phi) is 5.46. The number of aromatic nitrogens is 4. The molecule has 3 N–H and O–H groups in total. The molecule has 0 aliphatic rings. The van der Waals surface area contributed by atoms with Gasteiger partial charge in [-0.05, 0) is 35.9 Å². The van der Waals surface area contributed by atoms with Crippen LogP contribution in [0.5, 0.6) is 0 Å². The predicted octanol–water partition coefficient (Wildman–Crippen LogP) is 4.49. The van der Waals surface area contributed by atoms with Crippen molar-refractivity contribution in [3.8, 4) is 11.4 Å². The van der Waals surface area contributed by atoms with Crippen LogP contribution in [0, 0.1) is 0 Å². The van der Waals surface area contributed by atoms with Gasteiger partial charge in [-0.25, -0.2) is 4.98 Å². The lowest BCUT2D eigenvalue weighted by Crippen LogP contribution is -2.32. The van der Waals surface area contributed by atoms with Gasteiger partial charge in [0.25, 0.3) is 5.91 Å². The number of nitrogens with zero attached hydrogens (tertiary/aromatic N) is 2. The van der Waals surface area contributed by atoms with Gasteiger partial charge in [-0.1, -0.05) is 54.1 Å². The van der Waals surface area contributed by atoms with E-state index >= 15 is 0 Å². The molecule has 33 heavy (non-hydrogen) atoms. The van der Waals surface area contributed by atoms with Gasteiger partial charge in [0.2, 0.25) is 0 Å². The Hall–Kier alpha value is -4.23. The molecule has 0 saturated heterocycles. The third-order valence-electron chi connectivity index (χ3n) is 5.43. The van der Waals surface area contributed by atoms with E-state index in [4.69, 9.17) is 11.6 Å². The Morgan fingerprint density at radius 1 is 1.00 bits per heavy atom. The van der Waals surface area contributed by atoms with Gasteiger partial charge in [-0.3, -0.25) is 14.7 Å². The SMILES string of the molecule is O=C(NC(c1ccccc1)c1c[nH]c2cc(Cl)ccc2c1=O)c1ccc(-c2ncn[nH]2)cc1. The second-order valence-electron chi connectivity index (χ2n) is 7.49. The predicted molar refractivity (Wildman–Crippen MR) is 127 cm³/mol. The summed E-state index contributed by atoms with van der Waals surface area (Å²) in [4.78, 5) is 33.7. The topological polar surface area (TPSA) is 104 Å². The number of hydrogen-bond donors (Lipinski definition) is 3. The highest BCUT2D eigenvalue weighted by molar-refractivity contribution is 6.31. The number of aromatic amines is 2. The summed E-state index contributed by atoms with van der Waals surface area (Å²) in [5, 5.41) is 10.7. The monoisotopic (exact) mass is 455 g/mol. The Labute approximate surface area is 193 Å². The molecule has 0 aliphatic heterocycles. The minimum Gasteiger partial charge on any atom is -0.361 e. The maximum Gasteiger partial charge on any atom is 0.252 e. The van der Waals surface area contributed by atoms with Crippen molar-refractivity contribution in [2.75, 3.05) is 0 Å². The highest BCUT2D eigenvalue weighted by Gasteiger charge is 2.22. The minimum absolute atomic E-state index is 0.171. The molecule has 8 heteroatoms. The molecule has 0 aliphatic carbocycles. The average molecular weight is 456 g/mol. The van der Waals surface area contributed by atoms with Crippen molar-refractivity contribution in [1.29, 1.82) is 0 Å². The fourth-order valence-corrected chi connectivity index (χ4v) is 3.92. The summed E-state index contributed by atoms with van der Waals surface area (Å²) >= 11 is 6.06. The number of H-pyrrole nitrogens is 2. The van der Waals surface area contributed by atoms with Gasteiger partial charge in [0.15, 0.2) is 11.3 Å². The summed E-state index contributed by atoms with van der Waals surface area (Å²) in [6.45, 7) is 0. The first kappa shape index (κ1) is 20.7. The van der Waals surface area contributed by atoms with E-state index in [1.807, 2.05) is 30.3 Å². The highest BCUT2D eigenvalue weighted by atomic mass is 35.5. The van der Waals surface area contributed by atoms with Gasteiger partial charge in [0.1, 0.15) is 6.33 Å².